The standard InChI is InChI=1S/C26H24O13/c27-12-4-1-10(2-5-12)26(37)38-9-17-21(33)23(35)24(36)25(39-17)19-16(31)8-15(30)18(22(19)34)20(32)11-3-6-13(28)14(29)7-11/h1-8,17,21,23-25,27-31,33-36H,9H2. The number of aromatic hydroxyl groups is 6. The van der Waals surface area contributed by atoms with E-state index in [9.17, 15) is 55.5 Å². The van der Waals surface area contributed by atoms with Gasteiger partial charge in [0.2, 0.25) is 5.78 Å². The number of phenols is 6. The molecular weight excluding hydrogens is 520 g/mol. The molecule has 0 radical (unpaired) electrons. The van der Waals surface area contributed by atoms with Crippen molar-refractivity contribution in [1.82, 2.24) is 0 Å². The lowest BCUT2D eigenvalue weighted by Crippen LogP contribution is -2.55. The molecule has 1 aliphatic heterocycles. The van der Waals surface area contributed by atoms with E-state index in [1.807, 2.05) is 0 Å². The van der Waals surface area contributed by atoms with Gasteiger partial charge in [-0.2, -0.15) is 0 Å². The average Bonchev–Trinajstić information content (AvgIpc) is 2.89. The largest absolute Gasteiger partial charge is 0.508 e. The Kier molecular flexibility index (Phi) is 7.51. The number of aliphatic hydroxyl groups excluding tert-OH is 3. The minimum Gasteiger partial charge on any atom is -0.508 e. The monoisotopic (exact) mass is 544 g/mol. The summed E-state index contributed by atoms with van der Waals surface area (Å²) in [5.41, 5.74) is -1.62. The lowest BCUT2D eigenvalue weighted by molar-refractivity contribution is -0.232. The van der Waals surface area contributed by atoms with E-state index in [0.717, 1.165) is 18.2 Å². The van der Waals surface area contributed by atoms with Crippen molar-refractivity contribution in [1.29, 1.82) is 0 Å². The molecule has 13 nitrogen and oxygen atoms in total. The van der Waals surface area contributed by atoms with Crippen LogP contribution in [0.5, 0.6) is 34.5 Å². The quantitative estimate of drug-likeness (QED) is 0.117. The third-order valence-corrected chi connectivity index (χ3v) is 6.24. The highest BCUT2D eigenvalue weighted by atomic mass is 16.6. The molecule has 0 amide bonds. The summed E-state index contributed by atoms with van der Waals surface area (Å²) in [6.45, 7) is -0.653. The van der Waals surface area contributed by atoms with E-state index < -0.39 is 88.8 Å². The molecule has 1 heterocycles. The van der Waals surface area contributed by atoms with Crippen molar-refractivity contribution in [3.05, 3.63) is 70.8 Å². The fourth-order valence-corrected chi connectivity index (χ4v) is 4.14. The maximum atomic E-state index is 13.0. The van der Waals surface area contributed by atoms with Gasteiger partial charge in [-0.15, -0.1) is 0 Å². The summed E-state index contributed by atoms with van der Waals surface area (Å²) in [5.74, 6) is -5.97. The van der Waals surface area contributed by atoms with Gasteiger partial charge in [-0.3, -0.25) is 4.79 Å². The lowest BCUT2D eigenvalue weighted by atomic mass is 9.88. The first-order valence-electron chi connectivity index (χ1n) is 11.4. The van der Waals surface area contributed by atoms with E-state index in [4.69, 9.17) is 9.47 Å². The van der Waals surface area contributed by atoms with Gasteiger partial charge in [0.05, 0.1) is 11.1 Å². The number of aliphatic hydroxyl groups is 3. The summed E-state index contributed by atoms with van der Waals surface area (Å²) in [4.78, 5) is 25.3. The molecule has 5 atom stereocenters. The molecule has 1 saturated heterocycles. The summed E-state index contributed by atoms with van der Waals surface area (Å²) in [6, 6.07) is 8.66. The third kappa shape index (κ3) is 5.24. The van der Waals surface area contributed by atoms with Crippen LogP contribution in [0.4, 0.5) is 0 Å². The van der Waals surface area contributed by atoms with Crippen LogP contribution in [0.15, 0.2) is 48.5 Å². The number of carbonyl (C=O) groups is 2. The van der Waals surface area contributed by atoms with Crippen LogP contribution < -0.4 is 0 Å². The molecule has 206 valence electrons. The Morgan fingerprint density at radius 3 is 2.00 bits per heavy atom. The Hall–Kier alpha value is -4.56. The molecule has 4 rings (SSSR count). The molecular formula is C26H24O13. The van der Waals surface area contributed by atoms with Crippen molar-refractivity contribution in [3.63, 3.8) is 0 Å². The van der Waals surface area contributed by atoms with Crippen molar-refractivity contribution in [2.45, 2.75) is 30.5 Å². The van der Waals surface area contributed by atoms with Crippen LogP contribution in [0, 0.1) is 0 Å². The molecule has 39 heavy (non-hydrogen) atoms. The second-order valence-electron chi connectivity index (χ2n) is 8.80. The van der Waals surface area contributed by atoms with Gasteiger partial charge in [0.15, 0.2) is 11.5 Å². The summed E-state index contributed by atoms with van der Waals surface area (Å²) >= 11 is 0. The van der Waals surface area contributed by atoms with Crippen molar-refractivity contribution in [2.24, 2.45) is 0 Å². The molecule has 5 unspecified atom stereocenters. The zero-order valence-electron chi connectivity index (χ0n) is 19.9. The van der Waals surface area contributed by atoms with Gasteiger partial charge < -0.3 is 55.4 Å². The third-order valence-electron chi connectivity index (χ3n) is 6.24. The fourth-order valence-electron chi connectivity index (χ4n) is 4.14. The second kappa shape index (κ2) is 10.7. The predicted molar refractivity (Wildman–Crippen MR) is 129 cm³/mol. The Morgan fingerprint density at radius 2 is 1.36 bits per heavy atom. The van der Waals surface area contributed by atoms with Gasteiger partial charge in [-0.25, -0.2) is 4.79 Å². The maximum absolute atomic E-state index is 13.0. The Balaban J connectivity index is 1.64. The highest BCUT2D eigenvalue weighted by Gasteiger charge is 2.47. The highest BCUT2D eigenvalue weighted by molar-refractivity contribution is 6.13. The highest BCUT2D eigenvalue weighted by Crippen LogP contribution is 2.46. The first-order valence-corrected chi connectivity index (χ1v) is 11.4. The molecule has 1 aliphatic rings. The molecule has 9 N–H and O–H groups in total. The van der Waals surface area contributed by atoms with Crippen LogP contribution >= 0.6 is 0 Å². The molecule has 13 heteroatoms. The SMILES string of the molecule is O=C(OCC1OC(c2c(O)cc(O)c(C(=O)c3ccc(O)c(O)c3)c2O)C(O)C(O)C1O)c1ccc(O)cc1. The topological polar surface area (TPSA) is 235 Å². The van der Waals surface area contributed by atoms with E-state index in [-0.39, 0.29) is 16.9 Å². The zero-order valence-corrected chi connectivity index (χ0v) is 19.9. The second-order valence-corrected chi connectivity index (χ2v) is 8.80. The van der Waals surface area contributed by atoms with Crippen LogP contribution in [-0.4, -0.2) is 88.7 Å². The predicted octanol–water partition coefficient (Wildman–Crippen LogP) is 0.531. The molecule has 0 saturated carbocycles. The Morgan fingerprint density at radius 1 is 0.718 bits per heavy atom. The van der Waals surface area contributed by atoms with E-state index in [1.54, 1.807) is 0 Å². The number of benzene rings is 3. The molecule has 1 fully saturated rings. The van der Waals surface area contributed by atoms with E-state index >= 15 is 0 Å². The lowest BCUT2D eigenvalue weighted by Gasteiger charge is -2.40. The van der Waals surface area contributed by atoms with Crippen LogP contribution in [0.1, 0.15) is 37.9 Å². The zero-order chi connectivity index (χ0) is 28.6. The number of carbonyl (C=O) groups excluding carboxylic acids is 2. The summed E-state index contributed by atoms with van der Waals surface area (Å²) in [5, 5.41) is 91.7. The minimum atomic E-state index is -1.97. The number of ketones is 1. The van der Waals surface area contributed by atoms with Crippen LogP contribution in [-0.2, 0) is 9.47 Å². The smallest absolute Gasteiger partial charge is 0.338 e. The Bertz CT molecular complexity index is 1400. The van der Waals surface area contributed by atoms with Crippen molar-refractivity contribution >= 4 is 11.8 Å². The van der Waals surface area contributed by atoms with Crippen LogP contribution in [0.2, 0.25) is 0 Å². The molecule has 0 spiro atoms. The van der Waals surface area contributed by atoms with Gasteiger partial charge in [0.1, 0.15) is 65.7 Å². The minimum absolute atomic E-state index is 0.0486. The number of hydrogen-bond acceptors (Lipinski definition) is 13. The fraction of sp³-hybridized carbons (Fsp3) is 0.231. The average molecular weight is 544 g/mol. The van der Waals surface area contributed by atoms with Crippen molar-refractivity contribution in [3.8, 4) is 34.5 Å². The molecule has 0 aromatic heterocycles. The maximum Gasteiger partial charge on any atom is 0.338 e. The number of ether oxygens (including phenoxy) is 2. The van der Waals surface area contributed by atoms with Gasteiger partial charge >= 0.3 is 5.97 Å². The molecule has 0 bridgehead atoms. The number of hydrogen-bond donors (Lipinski definition) is 9. The van der Waals surface area contributed by atoms with Gasteiger partial charge in [0, 0.05) is 11.6 Å². The van der Waals surface area contributed by atoms with Gasteiger partial charge in [-0.05, 0) is 42.5 Å². The van der Waals surface area contributed by atoms with E-state index in [2.05, 4.69) is 0 Å². The normalized spacial score (nSPS) is 22.8. The van der Waals surface area contributed by atoms with Crippen molar-refractivity contribution in [2.75, 3.05) is 6.61 Å². The summed E-state index contributed by atoms with van der Waals surface area (Å²) < 4.78 is 10.7. The number of rotatable bonds is 6. The van der Waals surface area contributed by atoms with Crippen LogP contribution in [0.3, 0.4) is 0 Å². The summed E-state index contributed by atoms with van der Waals surface area (Å²) in [6.07, 6.45) is -8.96. The van der Waals surface area contributed by atoms with Gasteiger partial charge in [-0.1, -0.05) is 0 Å². The Labute approximate surface area is 219 Å². The van der Waals surface area contributed by atoms with E-state index in [0.29, 0.717) is 6.07 Å². The molecule has 3 aromatic carbocycles. The summed E-state index contributed by atoms with van der Waals surface area (Å²) in [7, 11) is 0. The van der Waals surface area contributed by atoms with Crippen LogP contribution in [0.25, 0.3) is 0 Å². The number of esters is 1. The van der Waals surface area contributed by atoms with Crippen molar-refractivity contribution < 1.29 is 65.0 Å². The van der Waals surface area contributed by atoms with Gasteiger partial charge in [0.25, 0.3) is 0 Å². The molecule has 0 aliphatic carbocycles. The number of phenolic OH excluding ortho intramolecular Hbond substituents is 6. The first kappa shape index (κ1) is 27.5. The molecule has 3 aromatic rings. The first-order chi connectivity index (χ1) is 18.4. The van der Waals surface area contributed by atoms with E-state index in [1.165, 1.54) is 24.3 Å².